The number of aryl methyl sites for hydroxylation is 2. The summed E-state index contributed by atoms with van der Waals surface area (Å²) < 4.78 is 6.22. The summed E-state index contributed by atoms with van der Waals surface area (Å²) >= 11 is 0. The van der Waals surface area contributed by atoms with Crippen LogP contribution < -0.4 is 10.6 Å². The summed E-state index contributed by atoms with van der Waals surface area (Å²) in [6.45, 7) is 3.65. The molecule has 0 unspecified atom stereocenters. The number of nitro groups is 1. The SMILES string of the molecule is Cc1cccc(-c2noc(C(=O)NCCNC(=O)Cn3nc([N+](=O)[O-])cc3C)n2)c1. The van der Waals surface area contributed by atoms with Crippen molar-refractivity contribution in [2.45, 2.75) is 20.4 Å². The van der Waals surface area contributed by atoms with E-state index < -0.39 is 16.7 Å². The predicted molar refractivity (Wildman–Crippen MR) is 103 cm³/mol. The standard InChI is InChI=1S/C18H19N7O5/c1-11-4-3-5-13(8-11)16-21-18(30-23-16)17(27)20-7-6-19-15(26)10-24-12(2)9-14(22-24)25(28)29/h3-5,8-9H,6-7,10H2,1-2H3,(H,19,26)(H,20,27). The molecule has 2 heterocycles. The van der Waals surface area contributed by atoms with Gasteiger partial charge in [-0.1, -0.05) is 28.9 Å². The number of amides is 2. The highest BCUT2D eigenvalue weighted by molar-refractivity contribution is 5.89. The van der Waals surface area contributed by atoms with Crippen LogP contribution in [0.25, 0.3) is 11.4 Å². The first-order valence-electron chi connectivity index (χ1n) is 8.98. The number of rotatable bonds is 8. The fraction of sp³-hybridized carbons (Fsp3) is 0.278. The number of nitrogens with zero attached hydrogens (tertiary/aromatic N) is 5. The number of hydrogen-bond acceptors (Lipinski definition) is 8. The number of aromatic nitrogens is 4. The van der Waals surface area contributed by atoms with Crippen LogP contribution in [0.3, 0.4) is 0 Å². The van der Waals surface area contributed by atoms with E-state index in [1.807, 2.05) is 31.2 Å². The lowest BCUT2D eigenvalue weighted by atomic mass is 10.1. The molecule has 0 aliphatic rings. The van der Waals surface area contributed by atoms with Gasteiger partial charge < -0.3 is 25.3 Å². The van der Waals surface area contributed by atoms with Gasteiger partial charge in [0.2, 0.25) is 11.7 Å². The molecule has 0 bridgehead atoms. The Morgan fingerprint density at radius 2 is 1.97 bits per heavy atom. The van der Waals surface area contributed by atoms with E-state index in [4.69, 9.17) is 4.52 Å². The van der Waals surface area contributed by atoms with Gasteiger partial charge in [-0.2, -0.15) is 9.67 Å². The summed E-state index contributed by atoms with van der Waals surface area (Å²) in [5.74, 6) is -1.16. The lowest BCUT2D eigenvalue weighted by Crippen LogP contribution is -2.36. The molecule has 2 N–H and O–H groups in total. The number of benzene rings is 1. The quantitative estimate of drug-likeness (QED) is 0.314. The van der Waals surface area contributed by atoms with Gasteiger partial charge in [-0.3, -0.25) is 9.59 Å². The molecule has 0 fully saturated rings. The van der Waals surface area contributed by atoms with E-state index in [0.717, 1.165) is 11.1 Å². The molecule has 3 rings (SSSR count). The van der Waals surface area contributed by atoms with Crippen molar-refractivity contribution in [3.05, 3.63) is 57.6 Å². The van der Waals surface area contributed by atoms with Gasteiger partial charge >= 0.3 is 17.6 Å². The van der Waals surface area contributed by atoms with E-state index in [0.29, 0.717) is 11.5 Å². The molecule has 0 saturated heterocycles. The first-order chi connectivity index (χ1) is 14.3. The second-order valence-electron chi connectivity index (χ2n) is 6.46. The van der Waals surface area contributed by atoms with Crippen LogP contribution in [0.15, 0.2) is 34.9 Å². The molecule has 156 valence electrons. The summed E-state index contributed by atoms with van der Waals surface area (Å²) in [5.41, 5.74) is 2.25. The van der Waals surface area contributed by atoms with Crippen molar-refractivity contribution >= 4 is 17.6 Å². The Bertz CT molecular complexity index is 1090. The Morgan fingerprint density at radius 3 is 2.67 bits per heavy atom. The van der Waals surface area contributed by atoms with Crippen molar-refractivity contribution in [3.63, 3.8) is 0 Å². The minimum Gasteiger partial charge on any atom is -0.358 e. The van der Waals surface area contributed by atoms with E-state index in [-0.39, 0.29) is 31.3 Å². The minimum atomic E-state index is -0.626. The first-order valence-corrected chi connectivity index (χ1v) is 8.98. The van der Waals surface area contributed by atoms with Crippen LogP contribution in [-0.2, 0) is 11.3 Å². The highest BCUT2D eigenvalue weighted by atomic mass is 16.6. The number of carbonyl (C=O) groups is 2. The molecule has 0 radical (unpaired) electrons. The number of carbonyl (C=O) groups excluding carboxylic acids is 2. The van der Waals surface area contributed by atoms with Crippen molar-refractivity contribution in [2.24, 2.45) is 0 Å². The number of nitrogens with one attached hydrogen (secondary N) is 2. The van der Waals surface area contributed by atoms with Gasteiger partial charge in [0.1, 0.15) is 6.54 Å². The Labute approximate surface area is 170 Å². The molecular weight excluding hydrogens is 394 g/mol. The molecule has 2 amide bonds. The third-order valence-corrected chi connectivity index (χ3v) is 4.08. The van der Waals surface area contributed by atoms with Crippen molar-refractivity contribution in [1.82, 2.24) is 30.6 Å². The van der Waals surface area contributed by atoms with Crippen LogP contribution in [0, 0.1) is 24.0 Å². The lowest BCUT2D eigenvalue weighted by Gasteiger charge is -2.05. The van der Waals surface area contributed by atoms with Gasteiger partial charge in [-0.15, -0.1) is 0 Å². The van der Waals surface area contributed by atoms with Gasteiger partial charge in [0.15, 0.2) is 0 Å². The average molecular weight is 413 g/mol. The Morgan fingerprint density at radius 1 is 1.20 bits per heavy atom. The van der Waals surface area contributed by atoms with E-state index >= 15 is 0 Å². The maximum atomic E-state index is 12.1. The van der Waals surface area contributed by atoms with Gasteiger partial charge in [-0.25, -0.2) is 0 Å². The zero-order chi connectivity index (χ0) is 21.7. The van der Waals surface area contributed by atoms with Gasteiger partial charge in [-0.05, 0) is 24.8 Å². The topological polar surface area (TPSA) is 158 Å². The summed E-state index contributed by atoms with van der Waals surface area (Å²) in [6.07, 6.45) is 0. The summed E-state index contributed by atoms with van der Waals surface area (Å²) in [7, 11) is 0. The van der Waals surface area contributed by atoms with Crippen molar-refractivity contribution in [2.75, 3.05) is 13.1 Å². The molecule has 0 saturated carbocycles. The molecular formula is C18H19N7O5. The molecule has 1 aromatic carbocycles. The predicted octanol–water partition coefficient (Wildman–Crippen LogP) is 1.00. The summed E-state index contributed by atoms with van der Waals surface area (Å²) in [4.78, 5) is 38.2. The van der Waals surface area contributed by atoms with E-state index in [9.17, 15) is 19.7 Å². The Kier molecular flexibility index (Phi) is 6.15. The first kappa shape index (κ1) is 20.6. The zero-order valence-electron chi connectivity index (χ0n) is 16.3. The highest BCUT2D eigenvalue weighted by Crippen LogP contribution is 2.16. The van der Waals surface area contributed by atoms with Crippen LogP contribution in [0.4, 0.5) is 5.82 Å². The summed E-state index contributed by atoms with van der Waals surface area (Å²) in [5, 5.41) is 23.4. The Hall–Kier alpha value is -4.09. The highest BCUT2D eigenvalue weighted by Gasteiger charge is 2.18. The van der Waals surface area contributed by atoms with Crippen molar-refractivity contribution in [3.8, 4) is 11.4 Å². The lowest BCUT2D eigenvalue weighted by molar-refractivity contribution is -0.389. The minimum absolute atomic E-state index is 0.130. The number of hydrogen-bond donors (Lipinski definition) is 2. The van der Waals surface area contributed by atoms with Crippen molar-refractivity contribution in [1.29, 1.82) is 0 Å². The smallest absolute Gasteiger partial charge is 0.358 e. The van der Waals surface area contributed by atoms with E-state index in [1.54, 1.807) is 6.92 Å². The molecule has 3 aromatic rings. The molecule has 0 atom stereocenters. The molecule has 0 aliphatic heterocycles. The van der Waals surface area contributed by atoms with Crippen LogP contribution >= 0.6 is 0 Å². The van der Waals surface area contributed by atoms with Gasteiger partial charge in [0, 0.05) is 18.7 Å². The maximum Gasteiger partial charge on any atom is 0.390 e. The summed E-state index contributed by atoms with van der Waals surface area (Å²) in [6, 6.07) is 8.75. The second-order valence-corrected chi connectivity index (χ2v) is 6.46. The fourth-order valence-electron chi connectivity index (χ4n) is 2.60. The van der Waals surface area contributed by atoms with Crippen LogP contribution in [0.5, 0.6) is 0 Å². The third-order valence-electron chi connectivity index (χ3n) is 4.08. The molecule has 2 aromatic heterocycles. The zero-order valence-corrected chi connectivity index (χ0v) is 16.3. The third kappa shape index (κ3) is 5.04. The van der Waals surface area contributed by atoms with E-state index in [1.165, 1.54) is 10.7 Å². The molecule has 30 heavy (non-hydrogen) atoms. The van der Waals surface area contributed by atoms with Gasteiger partial charge in [0.25, 0.3) is 0 Å². The molecule has 0 spiro atoms. The Balaban J connectivity index is 1.45. The molecule has 0 aliphatic carbocycles. The molecule has 12 heteroatoms. The van der Waals surface area contributed by atoms with Crippen molar-refractivity contribution < 1.29 is 19.0 Å². The van der Waals surface area contributed by atoms with E-state index in [2.05, 4.69) is 25.9 Å². The van der Waals surface area contributed by atoms with Crippen LogP contribution in [0.2, 0.25) is 0 Å². The molecule has 12 nitrogen and oxygen atoms in total. The second kappa shape index (κ2) is 8.94. The average Bonchev–Trinajstić information content (AvgIpc) is 3.33. The normalized spacial score (nSPS) is 10.6. The van der Waals surface area contributed by atoms with Gasteiger partial charge in [0.05, 0.1) is 16.9 Å². The fourth-order valence-corrected chi connectivity index (χ4v) is 2.60. The van der Waals surface area contributed by atoms with Crippen LogP contribution in [0.1, 0.15) is 21.9 Å². The monoisotopic (exact) mass is 413 g/mol. The largest absolute Gasteiger partial charge is 0.390 e. The van der Waals surface area contributed by atoms with Crippen LogP contribution in [-0.4, -0.2) is 49.7 Å². The maximum absolute atomic E-state index is 12.1.